The molecular weight excluding hydrogens is 178 g/mol. The van der Waals surface area contributed by atoms with Crippen LogP contribution in [0.1, 0.15) is 46.0 Å². The second kappa shape index (κ2) is 6.02. The van der Waals surface area contributed by atoms with Crippen LogP contribution in [0.4, 0.5) is 0 Å². The minimum atomic E-state index is -0.0990. The quantitative estimate of drug-likeness (QED) is 0.687. The number of rotatable bonds is 5. The van der Waals surface area contributed by atoms with Crippen molar-refractivity contribution < 1.29 is 9.53 Å². The Morgan fingerprint density at radius 2 is 2.07 bits per heavy atom. The molecule has 0 aromatic rings. The van der Waals surface area contributed by atoms with Crippen molar-refractivity contribution >= 4 is 5.97 Å². The summed E-state index contributed by atoms with van der Waals surface area (Å²) in [5, 5.41) is 3.38. The van der Waals surface area contributed by atoms with Crippen LogP contribution in [0, 0.1) is 0 Å². The first-order valence-corrected chi connectivity index (χ1v) is 5.70. The van der Waals surface area contributed by atoms with Crippen molar-refractivity contribution in [3.63, 3.8) is 0 Å². The summed E-state index contributed by atoms with van der Waals surface area (Å²) in [6, 6.07) is 0.433. The Hall–Kier alpha value is -0.570. The molecule has 1 fully saturated rings. The maximum Gasteiger partial charge on any atom is 0.323 e. The van der Waals surface area contributed by atoms with Gasteiger partial charge in [-0.05, 0) is 26.2 Å². The average molecular weight is 199 g/mol. The fourth-order valence-electron chi connectivity index (χ4n) is 1.97. The van der Waals surface area contributed by atoms with Crippen molar-refractivity contribution in [2.24, 2.45) is 0 Å². The van der Waals surface area contributed by atoms with Gasteiger partial charge in [-0.25, -0.2) is 0 Å². The maximum absolute atomic E-state index is 11.5. The lowest BCUT2D eigenvalue weighted by Gasteiger charge is -2.19. The highest BCUT2D eigenvalue weighted by Crippen LogP contribution is 2.18. The second-order valence-corrected chi connectivity index (χ2v) is 3.86. The molecule has 0 spiro atoms. The molecule has 1 aliphatic rings. The predicted molar refractivity (Wildman–Crippen MR) is 56.1 cm³/mol. The largest absolute Gasteiger partial charge is 0.465 e. The normalized spacial score (nSPS) is 19.6. The van der Waals surface area contributed by atoms with Crippen LogP contribution < -0.4 is 5.32 Å². The molecule has 82 valence electrons. The Morgan fingerprint density at radius 3 is 2.57 bits per heavy atom. The number of hydrogen-bond acceptors (Lipinski definition) is 3. The molecular formula is C11H21NO2. The van der Waals surface area contributed by atoms with Gasteiger partial charge in [0.15, 0.2) is 0 Å². The molecule has 1 rings (SSSR count). The first-order valence-electron chi connectivity index (χ1n) is 5.70. The summed E-state index contributed by atoms with van der Waals surface area (Å²) < 4.78 is 5.00. The van der Waals surface area contributed by atoms with Crippen molar-refractivity contribution in [2.75, 3.05) is 6.61 Å². The van der Waals surface area contributed by atoms with E-state index in [0.717, 1.165) is 6.42 Å². The Morgan fingerprint density at radius 1 is 1.43 bits per heavy atom. The molecule has 0 unspecified atom stereocenters. The van der Waals surface area contributed by atoms with E-state index in [-0.39, 0.29) is 12.0 Å². The van der Waals surface area contributed by atoms with Crippen LogP contribution in [0.15, 0.2) is 0 Å². The van der Waals surface area contributed by atoms with Crippen LogP contribution in [-0.2, 0) is 9.53 Å². The van der Waals surface area contributed by atoms with E-state index in [2.05, 4.69) is 5.32 Å². The monoisotopic (exact) mass is 199 g/mol. The predicted octanol–water partition coefficient (Wildman–Crippen LogP) is 1.86. The molecule has 3 nitrogen and oxygen atoms in total. The first-order chi connectivity index (χ1) is 6.77. The molecule has 1 N–H and O–H groups in total. The minimum Gasteiger partial charge on any atom is -0.465 e. The zero-order valence-electron chi connectivity index (χ0n) is 9.21. The lowest BCUT2D eigenvalue weighted by Crippen LogP contribution is -2.42. The van der Waals surface area contributed by atoms with Gasteiger partial charge in [0.1, 0.15) is 6.04 Å². The zero-order chi connectivity index (χ0) is 10.4. The van der Waals surface area contributed by atoms with Crippen LogP contribution in [0.2, 0.25) is 0 Å². The van der Waals surface area contributed by atoms with Crippen LogP contribution in [0.5, 0.6) is 0 Å². The number of ether oxygens (including phenoxy) is 1. The summed E-state index contributed by atoms with van der Waals surface area (Å²) in [7, 11) is 0. The molecule has 0 aromatic carbocycles. The highest BCUT2D eigenvalue weighted by Gasteiger charge is 2.23. The number of nitrogens with one attached hydrogen (secondary N) is 1. The summed E-state index contributed by atoms with van der Waals surface area (Å²) in [5.74, 6) is -0.0955. The molecule has 0 amide bonds. The lowest BCUT2D eigenvalue weighted by atomic mass is 10.1. The van der Waals surface area contributed by atoms with E-state index < -0.39 is 0 Å². The molecule has 0 aromatic heterocycles. The van der Waals surface area contributed by atoms with Gasteiger partial charge in [-0.15, -0.1) is 0 Å². The Labute approximate surface area is 86.2 Å². The van der Waals surface area contributed by atoms with Gasteiger partial charge in [0.2, 0.25) is 0 Å². The van der Waals surface area contributed by atoms with Crippen molar-refractivity contribution in [1.82, 2.24) is 5.32 Å². The van der Waals surface area contributed by atoms with Crippen LogP contribution in [-0.4, -0.2) is 24.7 Å². The minimum absolute atomic E-state index is 0.0955. The third-order valence-corrected chi connectivity index (χ3v) is 2.77. The number of hydrogen-bond donors (Lipinski definition) is 1. The van der Waals surface area contributed by atoms with E-state index in [1.807, 2.05) is 13.8 Å². The van der Waals surface area contributed by atoms with Crippen molar-refractivity contribution in [2.45, 2.75) is 58.0 Å². The van der Waals surface area contributed by atoms with Crippen molar-refractivity contribution in [3.8, 4) is 0 Å². The van der Waals surface area contributed by atoms with E-state index in [1.165, 1.54) is 25.7 Å². The molecule has 0 saturated heterocycles. The van der Waals surface area contributed by atoms with Gasteiger partial charge in [-0.2, -0.15) is 0 Å². The van der Waals surface area contributed by atoms with Gasteiger partial charge >= 0.3 is 5.97 Å². The fourth-order valence-corrected chi connectivity index (χ4v) is 1.97. The Bertz CT molecular complexity index is 176. The SMILES string of the molecule is CCOC(=O)[C@H](CC)NC1CCCC1. The number of esters is 1. The van der Waals surface area contributed by atoms with Crippen LogP contribution >= 0.6 is 0 Å². The molecule has 14 heavy (non-hydrogen) atoms. The Balaban J connectivity index is 2.33. The van der Waals surface area contributed by atoms with Gasteiger partial charge in [-0.3, -0.25) is 4.79 Å². The highest BCUT2D eigenvalue weighted by atomic mass is 16.5. The molecule has 0 bridgehead atoms. The van der Waals surface area contributed by atoms with Gasteiger partial charge < -0.3 is 10.1 Å². The lowest BCUT2D eigenvalue weighted by molar-refractivity contribution is -0.146. The van der Waals surface area contributed by atoms with Crippen LogP contribution in [0.3, 0.4) is 0 Å². The van der Waals surface area contributed by atoms with E-state index in [9.17, 15) is 4.79 Å². The molecule has 0 aliphatic heterocycles. The summed E-state index contributed by atoms with van der Waals surface area (Å²) in [6.45, 7) is 4.34. The molecule has 1 saturated carbocycles. The van der Waals surface area contributed by atoms with Crippen molar-refractivity contribution in [3.05, 3.63) is 0 Å². The molecule has 1 atom stereocenters. The van der Waals surface area contributed by atoms with Gasteiger partial charge in [0.05, 0.1) is 6.61 Å². The zero-order valence-corrected chi connectivity index (χ0v) is 9.21. The molecule has 0 heterocycles. The maximum atomic E-state index is 11.5. The summed E-state index contributed by atoms with van der Waals surface area (Å²) >= 11 is 0. The van der Waals surface area contributed by atoms with E-state index in [1.54, 1.807) is 0 Å². The molecule has 1 aliphatic carbocycles. The summed E-state index contributed by atoms with van der Waals surface area (Å²) in [5.41, 5.74) is 0. The van der Waals surface area contributed by atoms with E-state index >= 15 is 0 Å². The number of carbonyl (C=O) groups excluding carboxylic acids is 1. The smallest absolute Gasteiger partial charge is 0.323 e. The number of carbonyl (C=O) groups is 1. The third kappa shape index (κ3) is 3.29. The fraction of sp³-hybridized carbons (Fsp3) is 0.909. The van der Waals surface area contributed by atoms with Crippen molar-refractivity contribution in [1.29, 1.82) is 0 Å². The molecule has 3 heteroatoms. The average Bonchev–Trinajstić information content (AvgIpc) is 2.66. The Kier molecular flexibility index (Phi) is 4.94. The summed E-state index contributed by atoms with van der Waals surface area (Å²) in [4.78, 5) is 11.5. The van der Waals surface area contributed by atoms with Gasteiger partial charge in [-0.1, -0.05) is 19.8 Å². The second-order valence-electron chi connectivity index (χ2n) is 3.86. The highest BCUT2D eigenvalue weighted by molar-refractivity contribution is 5.75. The van der Waals surface area contributed by atoms with Gasteiger partial charge in [0.25, 0.3) is 0 Å². The van der Waals surface area contributed by atoms with E-state index in [4.69, 9.17) is 4.74 Å². The first kappa shape index (κ1) is 11.5. The molecule has 0 radical (unpaired) electrons. The van der Waals surface area contributed by atoms with E-state index in [0.29, 0.717) is 12.6 Å². The topological polar surface area (TPSA) is 38.3 Å². The third-order valence-electron chi connectivity index (χ3n) is 2.77. The summed E-state index contributed by atoms with van der Waals surface area (Å²) in [6.07, 6.45) is 5.80. The van der Waals surface area contributed by atoms with Crippen LogP contribution in [0.25, 0.3) is 0 Å². The van der Waals surface area contributed by atoms with Gasteiger partial charge in [0, 0.05) is 6.04 Å². The standard InChI is InChI=1S/C11H21NO2/c1-3-10(11(13)14-4-2)12-9-7-5-6-8-9/h9-10,12H,3-8H2,1-2H3/t10-/m0/s1.